The van der Waals surface area contributed by atoms with Gasteiger partial charge in [0.25, 0.3) is 11.8 Å². The Bertz CT molecular complexity index is 1370. The molecular weight excluding hydrogens is 444 g/mol. The van der Waals surface area contributed by atoms with E-state index in [-0.39, 0.29) is 19.0 Å². The molecular formula is C21H20N8O5. The van der Waals surface area contributed by atoms with Gasteiger partial charge in [0.15, 0.2) is 28.9 Å². The summed E-state index contributed by atoms with van der Waals surface area (Å²) in [5, 5.41) is 29.8. The molecule has 13 nitrogen and oxygen atoms in total. The number of anilines is 3. The minimum Gasteiger partial charge on any atom is -0.380 e. The number of nitrogens with two attached hydrogens (primary N) is 1. The predicted octanol–water partition coefficient (Wildman–Crippen LogP) is 0.507. The first-order chi connectivity index (χ1) is 16.3. The van der Waals surface area contributed by atoms with Crippen molar-refractivity contribution in [1.82, 2.24) is 25.1 Å². The van der Waals surface area contributed by atoms with Gasteiger partial charge in [-0.15, -0.1) is 5.10 Å². The van der Waals surface area contributed by atoms with E-state index in [1.165, 1.54) is 30.3 Å². The van der Waals surface area contributed by atoms with E-state index in [0.717, 1.165) is 0 Å². The summed E-state index contributed by atoms with van der Waals surface area (Å²) >= 11 is 0. The Hall–Kier alpha value is -4.36. The molecule has 1 aliphatic rings. The summed E-state index contributed by atoms with van der Waals surface area (Å²) in [6.45, 7) is 1.54. The fraction of sp³-hybridized carbons (Fsp3) is 0.238. The number of carbonyl (C=O) groups excluding carboxylic acids is 2. The second-order valence-electron chi connectivity index (χ2n) is 7.84. The number of rotatable bonds is 5. The molecule has 174 valence electrons. The van der Waals surface area contributed by atoms with Crippen molar-refractivity contribution >= 4 is 40.1 Å². The van der Waals surface area contributed by atoms with Gasteiger partial charge in [0, 0.05) is 24.0 Å². The van der Waals surface area contributed by atoms with Gasteiger partial charge in [-0.05, 0) is 25.1 Å². The van der Waals surface area contributed by atoms with E-state index in [4.69, 9.17) is 15.0 Å². The Labute approximate surface area is 192 Å². The number of ether oxygens (including phenoxy) is 1. The number of aromatic nitrogens is 5. The van der Waals surface area contributed by atoms with E-state index < -0.39 is 23.5 Å². The number of amides is 2. The Morgan fingerprint density at radius 3 is 2.94 bits per heavy atom. The first kappa shape index (κ1) is 21.5. The van der Waals surface area contributed by atoms with Crippen molar-refractivity contribution in [2.75, 3.05) is 29.1 Å². The van der Waals surface area contributed by atoms with Gasteiger partial charge < -0.3 is 25.4 Å². The van der Waals surface area contributed by atoms with Crippen LogP contribution in [0.25, 0.3) is 16.7 Å². The van der Waals surface area contributed by atoms with Crippen molar-refractivity contribution in [3.05, 3.63) is 48.9 Å². The number of carbonyl (C=O) groups is 2. The number of fused-ring (bicyclic) bond motifs is 1. The SMILES string of the molecule is CC(O)(C(=O)Nc1ccc2c(N)noc2c1)C1OCCN(c2ccn(-c3ccnnc3)n2)C1=O. The largest absolute Gasteiger partial charge is 0.380 e. The van der Waals surface area contributed by atoms with Gasteiger partial charge >= 0.3 is 0 Å². The molecule has 5 rings (SSSR count). The molecule has 0 aliphatic carbocycles. The lowest BCUT2D eigenvalue weighted by Crippen LogP contribution is -2.61. The van der Waals surface area contributed by atoms with Crippen LogP contribution in [0.3, 0.4) is 0 Å². The van der Waals surface area contributed by atoms with Crippen molar-refractivity contribution in [3.8, 4) is 5.69 Å². The normalized spacial score (nSPS) is 18.1. The summed E-state index contributed by atoms with van der Waals surface area (Å²) in [6, 6.07) is 8.09. The second kappa shape index (κ2) is 8.20. The van der Waals surface area contributed by atoms with Crippen LogP contribution in [0.5, 0.6) is 0 Å². The number of nitrogens with one attached hydrogen (secondary N) is 1. The maximum absolute atomic E-state index is 13.2. The maximum Gasteiger partial charge on any atom is 0.260 e. The summed E-state index contributed by atoms with van der Waals surface area (Å²) in [7, 11) is 0. The highest BCUT2D eigenvalue weighted by Crippen LogP contribution is 2.27. The Balaban J connectivity index is 1.34. The van der Waals surface area contributed by atoms with E-state index in [9.17, 15) is 14.7 Å². The molecule has 1 fully saturated rings. The van der Waals surface area contributed by atoms with E-state index in [1.54, 1.807) is 35.1 Å². The fourth-order valence-electron chi connectivity index (χ4n) is 3.65. The Morgan fingerprint density at radius 1 is 1.29 bits per heavy atom. The minimum atomic E-state index is -2.18. The summed E-state index contributed by atoms with van der Waals surface area (Å²) in [4.78, 5) is 27.5. The van der Waals surface area contributed by atoms with E-state index in [2.05, 4.69) is 25.8 Å². The molecule has 4 N–H and O–H groups in total. The zero-order valence-corrected chi connectivity index (χ0v) is 18.0. The van der Waals surface area contributed by atoms with Crippen molar-refractivity contribution in [2.45, 2.75) is 18.6 Å². The van der Waals surface area contributed by atoms with E-state index >= 15 is 0 Å². The standard InChI is InChI=1S/C21H20N8O5/c1-21(32,20(31)25-12-2-3-14-15(10-12)34-27-18(14)22)17-19(30)28(8-9-33-17)16-5-7-29(26-16)13-4-6-23-24-11-13/h2-7,10-11,17,32H,8-9H2,1H3,(H2,22,27)(H,25,31). The number of nitrogens with zero attached hydrogens (tertiary/aromatic N) is 6. The van der Waals surface area contributed by atoms with Gasteiger partial charge in [-0.3, -0.25) is 14.5 Å². The highest BCUT2D eigenvalue weighted by molar-refractivity contribution is 6.06. The monoisotopic (exact) mass is 464 g/mol. The topological polar surface area (TPSA) is 175 Å². The third-order valence-electron chi connectivity index (χ3n) is 5.50. The van der Waals surface area contributed by atoms with Crippen LogP contribution in [0.4, 0.5) is 17.3 Å². The van der Waals surface area contributed by atoms with Crippen LogP contribution < -0.4 is 16.0 Å². The quantitative estimate of drug-likeness (QED) is 0.377. The smallest absolute Gasteiger partial charge is 0.260 e. The van der Waals surface area contributed by atoms with Crippen LogP contribution in [-0.4, -0.2) is 66.9 Å². The average molecular weight is 464 g/mol. The fourth-order valence-corrected chi connectivity index (χ4v) is 3.65. The zero-order valence-electron chi connectivity index (χ0n) is 18.0. The zero-order chi connectivity index (χ0) is 23.9. The molecule has 0 saturated carbocycles. The molecule has 1 aliphatic heterocycles. The second-order valence-corrected chi connectivity index (χ2v) is 7.84. The molecule has 13 heteroatoms. The lowest BCUT2D eigenvalue weighted by atomic mass is 9.95. The van der Waals surface area contributed by atoms with Crippen LogP contribution in [0.2, 0.25) is 0 Å². The first-order valence-corrected chi connectivity index (χ1v) is 10.3. The van der Waals surface area contributed by atoms with Crippen molar-refractivity contribution in [3.63, 3.8) is 0 Å². The highest BCUT2D eigenvalue weighted by Gasteiger charge is 2.48. The van der Waals surface area contributed by atoms with Crippen LogP contribution in [0.1, 0.15) is 6.92 Å². The van der Waals surface area contributed by atoms with Crippen molar-refractivity contribution < 1.29 is 24.0 Å². The highest BCUT2D eigenvalue weighted by atomic mass is 16.5. The molecule has 4 aromatic rings. The van der Waals surface area contributed by atoms with Gasteiger partial charge in [-0.2, -0.15) is 10.2 Å². The van der Waals surface area contributed by atoms with Crippen LogP contribution in [-0.2, 0) is 14.3 Å². The van der Waals surface area contributed by atoms with Crippen LogP contribution in [0.15, 0.2) is 53.4 Å². The minimum absolute atomic E-state index is 0.104. The number of nitrogen functional groups attached to an aromatic ring is 1. The lowest BCUT2D eigenvalue weighted by Gasteiger charge is -2.37. The summed E-state index contributed by atoms with van der Waals surface area (Å²) in [5.74, 6) is -0.848. The maximum atomic E-state index is 13.2. The molecule has 1 aromatic carbocycles. The van der Waals surface area contributed by atoms with Crippen LogP contribution >= 0.6 is 0 Å². The molecule has 4 heterocycles. The number of morpholine rings is 1. The summed E-state index contributed by atoms with van der Waals surface area (Å²) in [6.07, 6.45) is 3.28. The average Bonchev–Trinajstić information content (AvgIpc) is 3.47. The first-order valence-electron chi connectivity index (χ1n) is 10.3. The van der Waals surface area contributed by atoms with Crippen molar-refractivity contribution in [1.29, 1.82) is 0 Å². The Morgan fingerprint density at radius 2 is 2.15 bits per heavy atom. The molecule has 1 saturated heterocycles. The molecule has 0 bridgehead atoms. The van der Waals surface area contributed by atoms with Gasteiger partial charge in [0.1, 0.15) is 0 Å². The molecule has 0 radical (unpaired) electrons. The molecule has 2 unspecified atom stereocenters. The number of hydrogen-bond acceptors (Lipinski definition) is 10. The van der Waals surface area contributed by atoms with Crippen molar-refractivity contribution in [2.24, 2.45) is 0 Å². The predicted molar refractivity (Wildman–Crippen MR) is 119 cm³/mol. The Kier molecular flexibility index (Phi) is 5.18. The van der Waals surface area contributed by atoms with E-state index in [1.807, 2.05) is 0 Å². The molecule has 2 atom stereocenters. The summed E-state index contributed by atoms with van der Waals surface area (Å²) in [5.41, 5.74) is 4.89. The lowest BCUT2D eigenvalue weighted by molar-refractivity contribution is -0.165. The van der Waals surface area contributed by atoms with Gasteiger partial charge in [-0.1, -0.05) is 5.16 Å². The third kappa shape index (κ3) is 3.72. The van der Waals surface area contributed by atoms with Crippen LogP contribution in [0, 0.1) is 0 Å². The number of aliphatic hydroxyl groups is 1. The number of hydrogen-bond donors (Lipinski definition) is 3. The van der Waals surface area contributed by atoms with Gasteiger partial charge in [0.2, 0.25) is 0 Å². The summed E-state index contributed by atoms with van der Waals surface area (Å²) < 4.78 is 12.2. The molecule has 3 aromatic heterocycles. The molecule has 0 spiro atoms. The molecule has 2 amide bonds. The number of benzene rings is 1. The van der Waals surface area contributed by atoms with E-state index in [0.29, 0.717) is 28.2 Å². The van der Waals surface area contributed by atoms with Gasteiger partial charge in [0.05, 0.1) is 36.6 Å². The third-order valence-corrected chi connectivity index (χ3v) is 5.50. The van der Waals surface area contributed by atoms with Gasteiger partial charge in [-0.25, -0.2) is 4.68 Å². The molecule has 34 heavy (non-hydrogen) atoms.